The van der Waals surface area contributed by atoms with Crippen molar-refractivity contribution in [1.82, 2.24) is 0 Å². The Hall–Kier alpha value is -1.18. The lowest BCUT2D eigenvalue weighted by Gasteiger charge is -2.11. The lowest BCUT2D eigenvalue weighted by Crippen LogP contribution is -2.01. The molecule has 0 heterocycles. The fourth-order valence-electron chi connectivity index (χ4n) is 0.863. The molecule has 8 heteroatoms. The zero-order valence-electron chi connectivity index (χ0n) is 6.62. The molecular formula is C6H4ClN2O4S-. The average molecular weight is 236 g/mol. The van der Waals surface area contributed by atoms with Gasteiger partial charge in [0.15, 0.2) is 0 Å². The molecule has 1 aromatic carbocycles. The van der Waals surface area contributed by atoms with Gasteiger partial charge in [0.2, 0.25) is 0 Å². The number of halogens is 1. The van der Waals surface area contributed by atoms with Crippen molar-refractivity contribution in [3.8, 4) is 0 Å². The van der Waals surface area contributed by atoms with Crippen molar-refractivity contribution in [3.05, 3.63) is 38.6 Å². The highest BCUT2D eigenvalue weighted by molar-refractivity contribution is 7.95. The van der Waals surface area contributed by atoms with E-state index in [-0.39, 0.29) is 0 Å². The number of sulfonamides is 1. The SMILES string of the molecule is O=[N+]([O-])c1ccccc1S(=O)(=O)[N-]Cl. The van der Waals surface area contributed by atoms with E-state index < -0.39 is 25.5 Å². The van der Waals surface area contributed by atoms with Crippen LogP contribution in [0.4, 0.5) is 5.69 Å². The fraction of sp³-hybridized carbons (Fsp3) is 0. The van der Waals surface area contributed by atoms with Gasteiger partial charge in [0.05, 0.1) is 4.92 Å². The summed E-state index contributed by atoms with van der Waals surface area (Å²) in [6.07, 6.45) is 0. The second kappa shape index (κ2) is 3.91. The molecular weight excluding hydrogens is 232 g/mol. The largest absolute Gasteiger partial charge is 0.458 e. The number of rotatable bonds is 3. The van der Waals surface area contributed by atoms with Gasteiger partial charge in [-0.25, -0.2) is 8.42 Å². The number of para-hydroxylation sites is 1. The monoisotopic (exact) mass is 235 g/mol. The molecule has 0 saturated heterocycles. The van der Waals surface area contributed by atoms with Gasteiger partial charge >= 0.3 is 0 Å². The Bertz CT molecular complexity index is 459. The lowest BCUT2D eigenvalue weighted by molar-refractivity contribution is -0.387. The maximum Gasteiger partial charge on any atom is 0.286 e. The van der Waals surface area contributed by atoms with Gasteiger partial charge < -0.3 is 4.24 Å². The van der Waals surface area contributed by atoms with E-state index in [1.165, 1.54) is 12.1 Å². The molecule has 1 rings (SSSR count). The van der Waals surface area contributed by atoms with Crippen molar-refractivity contribution in [2.24, 2.45) is 0 Å². The van der Waals surface area contributed by atoms with Crippen LogP contribution >= 0.6 is 11.8 Å². The fourth-order valence-corrected chi connectivity index (χ4v) is 1.82. The van der Waals surface area contributed by atoms with Gasteiger partial charge in [-0.3, -0.25) is 21.9 Å². The van der Waals surface area contributed by atoms with Gasteiger partial charge in [-0.2, -0.15) is 0 Å². The summed E-state index contributed by atoms with van der Waals surface area (Å²) in [5.41, 5.74) is -0.545. The Morgan fingerprint density at radius 3 is 2.43 bits per heavy atom. The van der Waals surface area contributed by atoms with Crippen LogP contribution in [0, 0.1) is 10.1 Å². The van der Waals surface area contributed by atoms with Crippen molar-refractivity contribution in [2.75, 3.05) is 0 Å². The van der Waals surface area contributed by atoms with Crippen LogP contribution in [-0.2, 0) is 10.0 Å². The maximum absolute atomic E-state index is 11.1. The van der Waals surface area contributed by atoms with E-state index in [1.54, 1.807) is 0 Å². The van der Waals surface area contributed by atoms with Crippen LogP contribution < -0.4 is 0 Å². The molecule has 0 saturated carbocycles. The third-order valence-corrected chi connectivity index (χ3v) is 3.06. The van der Waals surface area contributed by atoms with Gasteiger partial charge in [0.1, 0.15) is 14.9 Å². The number of hydrogen-bond acceptors (Lipinski definition) is 4. The van der Waals surface area contributed by atoms with Gasteiger partial charge in [-0.05, 0) is 6.07 Å². The Kier molecular flexibility index (Phi) is 3.04. The van der Waals surface area contributed by atoms with Gasteiger partial charge in [0, 0.05) is 6.07 Å². The second-order valence-electron chi connectivity index (χ2n) is 2.27. The minimum atomic E-state index is -4.13. The zero-order valence-corrected chi connectivity index (χ0v) is 8.20. The standard InChI is InChI=1S/C6H4ClN2O4S/c7-8-14(12,13)6-4-2-1-3-5(6)9(10)11/h1-4H/q-1. The minimum absolute atomic E-state index is 0.514. The second-order valence-corrected chi connectivity index (χ2v) is 4.21. The van der Waals surface area contributed by atoms with Crippen LogP contribution in [0.15, 0.2) is 29.2 Å². The van der Waals surface area contributed by atoms with Gasteiger partial charge in [-0.15, -0.1) is 0 Å². The molecule has 0 fully saturated rings. The summed E-state index contributed by atoms with van der Waals surface area (Å²) in [5, 5.41) is 10.4. The first-order valence-electron chi connectivity index (χ1n) is 3.31. The highest BCUT2D eigenvalue weighted by atomic mass is 35.5. The highest BCUT2D eigenvalue weighted by Gasteiger charge is 2.18. The predicted octanol–water partition coefficient (Wildman–Crippen LogP) is 1.81. The molecule has 0 radical (unpaired) electrons. The van der Waals surface area contributed by atoms with Crippen LogP contribution in [-0.4, -0.2) is 13.3 Å². The molecule has 0 aliphatic heterocycles. The summed E-state index contributed by atoms with van der Waals surface area (Å²) in [5.74, 6) is 0. The first-order chi connectivity index (χ1) is 6.49. The molecule has 0 bridgehead atoms. The van der Waals surface area contributed by atoms with E-state index in [9.17, 15) is 18.5 Å². The normalized spacial score (nSPS) is 11.2. The van der Waals surface area contributed by atoms with E-state index in [4.69, 9.17) is 11.8 Å². The van der Waals surface area contributed by atoms with E-state index in [0.29, 0.717) is 0 Å². The van der Waals surface area contributed by atoms with Crippen molar-refractivity contribution < 1.29 is 13.3 Å². The van der Waals surface area contributed by atoms with Crippen molar-refractivity contribution >= 4 is 27.5 Å². The number of nitro benzene ring substituents is 1. The van der Waals surface area contributed by atoms with Crippen LogP contribution in [0.1, 0.15) is 0 Å². The van der Waals surface area contributed by atoms with Crippen LogP contribution in [0.3, 0.4) is 0 Å². The van der Waals surface area contributed by atoms with E-state index in [1.807, 2.05) is 0 Å². The molecule has 76 valence electrons. The molecule has 0 unspecified atom stereocenters. The van der Waals surface area contributed by atoms with Gasteiger partial charge in [-0.1, -0.05) is 12.1 Å². The summed E-state index contributed by atoms with van der Waals surface area (Å²) >= 11 is 4.82. The summed E-state index contributed by atoms with van der Waals surface area (Å²) in [6, 6.07) is 4.83. The third kappa shape index (κ3) is 2.00. The first kappa shape index (κ1) is 10.9. The molecule has 0 aromatic heterocycles. The van der Waals surface area contributed by atoms with E-state index in [0.717, 1.165) is 12.1 Å². The number of hydrogen-bond donors (Lipinski definition) is 0. The molecule has 0 amide bonds. The van der Waals surface area contributed by atoms with Crippen molar-refractivity contribution in [1.29, 1.82) is 0 Å². The summed E-state index contributed by atoms with van der Waals surface area (Å²) < 4.78 is 24.8. The molecule has 14 heavy (non-hydrogen) atoms. The smallest absolute Gasteiger partial charge is 0.286 e. The molecule has 1 aromatic rings. The van der Waals surface area contributed by atoms with Crippen molar-refractivity contribution in [3.63, 3.8) is 0 Å². The quantitative estimate of drug-likeness (QED) is 0.590. The molecule has 0 aliphatic rings. The van der Waals surface area contributed by atoms with E-state index in [2.05, 4.69) is 4.24 Å². The van der Waals surface area contributed by atoms with Gasteiger partial charge in [0.25, 0.3) is 5.69 Å². The number of nitro groups is 1. The summed E-state index contributed by atoms with van der Waals surface area (Å²) in [7, 11) is -4.13. The summed E-state index contributed by atoms with van der Waals surface area (Å²) in [4.78, 5) is 9.12. The van der Waals surface area contributed by atoms with Crippen molar-refractivity contribution in [2.45, 2.75) is 4.90 Å². The maximum atomic E-state index is 11.1. The zero-order chi connectivity index (χ0) is 10.8. The van der Waals surface area contributed by atoms with Crippen LogP contribution in [0.25, 0.3) is 4.24 Å². The Morgan fingerprint density at radius 1 is 1.36 bits per heavy atom. The first-order valence-corrected chi connectivity index (χ1v) is 5.08. The molecule has 0 N–H and O–H groups in total. The Morgan fingerprint density at radius 2 is 1.93 bits per heavy atom. The predicted molar refractivity (Wildman–Crippen MR) is 49.5 cm³/mol. The molecule has 0 spiro atoms. The minimum Gasteiger partial charge on any atom is -0.458 e. The Labute approximate surface area is 84.8 Å². The Balaban J connectivity index is 3.42. The van der Waals surface area contributed by atoms with Crippen LogP contribution in [0.5, 0.6) is 0 Å². The lowest BCUT2D eigenvalue weighted by atomic mass is 10.3. The van der Waals surface area contributed by atoms with E-state index >= 15 is 0 Å². The topological polar surface area (TPSA) is 91.4 Å². The third-order valence-electron chi connectivity index (χ3n) is 1.43. The number of benzene rings is 1. The molecule has 0 aliphatic carbocycles. The van der Waals surface area contributed by atoms with Crippen LogP contribution in [0.2, 0.25) is 0 Å². The average Bonchev–Trinajstić information content (AvgIpc) is 2.18. The summed E-state index contributed by atoms with van der Waals surface area (Å²) in [6.45, 7) is 0. The highest BCUT2D eigenvalue weighted by Crippen LogP contribution is 2.27. The number of nitrogens with zero attached hydrogens (tertiary/aromatic N) is 2. The molecule has 6 nitrogen and oxygen atoms in total. The molecule has 0 atom stereocenters.